The molecule has 1 saturated carbocycles. The Balaban J connectivity index is 2.11. The molecule has 98 valence electrons. The average Bonchev–Trinajstić information content (AvgIpc) is 2.39. The van der Waals surface area contributed by atoms with E-state index in [1.807, 2.05) is 12.1 Å². The van der Waals surface area contributed by atoms with Crippen LogP contribution in [0.5, 0.6) is 0 Å². The molecule has 2 rings (SSSR count). The lowest BCUT2D eigenvalue weighted by atomic mass is 9.75. The van der Waals surface area contributed by atoms with Crippen LogP contribution in [0.25, 0.3) is 0 Å². The van der Waals surface area contributed by atoms with Crippen molar-refractivity contribution in [1.29, 1.82) is 0 Å². The molecule has 0 heterocycles. The number of carbonyl (C=O) groups is 1. The molecule has 1 aromatic rings. The van der Waals surface area contributed by atoms with E-state index >= 15 is 0 Å². The quantitative estimate of drug-likeness (QED) is 0.853. The van der Waals surface area contributed by atoms with Gasteiger partial charge in [-0.15, -0.1) is 11.6 Å². The van der Waals surface area contributed by atoms with Gasteiger partial charge >= 0.3 is 0 Å². The third-order valence-corrected chi connectivity index (χ3v) is 4.25. The molecule has 0 saturated heterocycles. The summed E-state index contributed by atoms with van der Waals surface area (Å²) in [7, 11) is 0. The second kappa shape index (κ2) is 5.85. The minimum Gasteiger partial charge on any atom is -0.392 e. The maximum Gasteiger partial charge on any atom is 0.135 e. The fourth-order valence-corrected chi connectivity index (χ4v) is 2.95. The Morgan fingerprint density at radius 2 is 2.00 bits per heavy atom. The number of aliphatic hydroxyl groups is 1. The first kappa shape index (κ1) is 13.6. The van der Waals surface area contributed by atoms with Crippen LogP contribution < -0.4 is 0 Å². The number of alkyl halides is 1. The molecule has 1 aliphatic rings. The SMILES string of the molecule is CC(=O)C1CC(c2ccc(CCl)cc2)CCC1O. The van der Waals surface area contributed by atoms with E-state index in [-0.39, 0.29) is 11.7 Å². The summed E-state index contributed by atoms with van der Waals surface area (Å²) in [6, 6.07) is 8.26. The summed E-state index contributed by atoms with van der Waals surface area (Å²) in [6.45, 7) is 1.58. The second-order valence-corrected chi connectivity index (χ2v) is 5.44. The molecular formula is C15H19ClO2. The number of Topliss-reactive ketones (excluding diaryl/α,β-unsaturated/α-hetero) is 1. The van der Waals surface area contributed by atoms with Gasteiger partial charge in [-0.3, -0.25) is 4.79 Å². The highest BCUT2D eigenvalue weighted by atomic mass is 35.5. The van der Waals surface area contributed by atoms with Crippen LogP contribution in [0.2, 0.25) is 0 Å². The topological polar surface area (TPSA) is 37.3 Å². The van der Waals surface area contributed by atoms with Crippen LogP contribution in [0.4, 0.5) is 0 Å². The summed E-state index contributed by atoms with van der Waals surface area (Å²) in [4.78, 5) is 11.5. The fourth-order valence-electron chi connectivity index (χ4n) is 2.77. The zero-order chi connectivity index (χ0) is 13.1. The van der Waals surface area contributed by atoms with Gasteiger partial charge < -0.3 is 5.11 Å². The molecule has 1 fully saturated rings. The number of rotatable bonds is 3. The van der Waals surface area contributed by atoms with Gasteiger partial charge in [0.25, 0.3) is 0 Å². The van der Waals surface area contributed by atoms with E-state index in [4.69, 9.17) is 11.6 Å². The zero-order valence-corrected chi connectivity index (χ0v) is 11.4. The van der Waals surface area contributed by atoms with Gasteiger partial charge in [-0.1, -0.05) is 24.3 Å². The zero-order valence-electron chi connectivity index (χ0n) is 10.6. The van der Waals surface area contributed by atoms with E-state index < -0.39 is 6.10 Å². The van der Waals surface area contributed by atoms with Gasteiger partial charge in [0.1, 0.15) is 5.78 Å². The Morgan fingerprint density at radius 1 is 1.33 bits per heavy atom. The number of halogens is 1. The van der Waals surface area contributed by atoms with E-state index in [1.165, 1.54) is 5.56 Å². The van der Waals surface area contributed by atoms with Crippen molar-refractivity contribution in [3.8, 4) is 0 Å². The molecule has 3 unspecified atom stereocenters. The Hall–Kier alpha value is -0.860. The van der Waals surface area contributed by atoms with E-state index in [2.05, 4.69) is 12.1 Å². The van der Waals surface area contributed by atoms with E-state index in [9.17, 15) is 9.90 Å². The average molecular weight is 267 g/mol. The fraction of sp³-hybridized carbons (Fsp3) is 0.533. The number of ketones is 1. The molecule has 1 N–H and O–H groups in total. The van der Waals surface area contributed by atoms with Crippen molar-refractivity contribution >= 4 is 17.4 Å². The van der Waals surface area contributed by atoms with Crippen molar-refractivity contribution in [3.63, 3.8) is 0 Å². The standard InChI is InChI=1S/C15H19ClO2/c1-10(17)14-8-13(6-7-15(14)18)12-4-2-11(9-16)3-5-12/h2-5,13-15,18H,6-9H2,1H3. The highest BCUT2D eigenvalue weighted by Gasteiger charge is 2.32. The molecular weight excluding hydrogens is 248 g/mol. The first-order valence-electron chi connectivity index (χ1n) is 6.45. The smallest absolute Gasteiger partial charge is 0.135 e. The summed E-state index contributed by atoms with van der Waals surface area (Å²) in [5.41, 5.74) is 2.36. The van der Waals surface area contributed by atoms with Crippen LogP contribution in [0.1, 0.15) is 43.2 Å². The number of hydrogen-bond acceptors (Lipinski definition) is 2. The molecule has 0 spiro atoms. The Morgan fingerprint density at radius 3 is 2.56 bits per heavy atom. The van der Waals surface area contributed by atoms with Gasteiger partial charge in [0, 0.05) is 11.8 Å². The summed E-state index contributed by atoms with van der Waals surface area (Å²) in [5.74, 6) is 0.812. The van der Waals surface area contributed by atoms with Crippen LogP contribution >= 0.6 is 11.6 Å². The van der Waals surface area contributed by atoms with Crippen LogP contribution in [0, 0.1) is 5.92 Å². The van der Waals surface area contributed by atoms with Crippen molar-refractivity contribution in [2.45, 2.75) is 44.1 Å². The first-order valence-corrected chi connectivity index (χ1v) is 6.98. The molecule has 0 aliphatic heterocycles. The summed E-state index contributed by atoms with van der Waals surface area (Å²) in [6.07, 6.45) is 1.97. The number of carbonyl (C=O) groups excluding carboxylic acids is 1. The van der Waals surface area contributed by atoms with Crippen molar-refractivity contribution in [2.75, 3.05) is 0 Å². The van der Waals surface area contributed by atoms with Crippen LogP contribution in [0.3, 0.4) is 0 Å². The van der Waals surface area contributed by atoms with Gasteiger partial charge in [0.05, 0.1) is 6.10 Å². The molecule has 3 heteroatoms. The van der Waals surface area contributed by atoms with Crippen molar-refractivity contribution in [2.24, 2.45) is 5.92 Å². The monoisotopic (exact) mass is 266 g/mol. The van der Waals surface area contributed by atoms with Crippen molar-refractivity contribution in [1.82, 2.24) is 0 Å². The van der Waals surface area contributed by atoms with Crippen LogP contribution in [0.15, 0.2) is 24.3 Å². The molecule has 0 radical (unpaired) electrons. The van der Waals surface area contributed by atoms with Crippen molar-refractivity contribution in [3.05, 3.63) is 35.4 Å². The van der Waals surface area contributed by atoms with Gasteiger partial charge in [-0.05, 0) is 43.2 Å². The largest absolute Gasteiger partial charge is 0.392 e. The highest BCUT2D eigenvalue weighted by molar-refractivity contribution is 6.17. The lowest BCUT2D eigenvalue weighted by Gasteiger charge is -2.32. The van der Waals surface area contributed by atoms with Crippen LogP contribution in [-0.2, 0) is 10.7 Å². The minimum absolute atomic E-state index is 0.101. The summed E-state index contributed by atoms with van der Waals surface area (Å²) in [5, 5.41) is 9.85. The van der Waals surface area contributed by atoms with E-state index in [1.54, 1.807) is 6.92 Å². The second-order valence-electron chi connectivity index (χ2n) is 5.17. The molecule has 0 bridgehead atoms. The van der Waals surface area contributed by atoms with Gasteiger partial charge in [-0.2, -0.15) is 0 Å². The van der Waals surface area contributed by atoms with Gasteiger partial charge in [0.15, 0.2) is 0 Å². The number of aliphatic hydroxyl groups excluding tert-OH is 1. The molecule has 18 heavy (non-hydrogen) atoms. The maximum absolute atomic E-state index is 11.5. The minimum atomic E-state index is -0.458. The normalized spacial score (nSPS) is 28.1. The van der Waals surface area contributed by atoms with Crippen LogP contribution in [-0.4, -0.2) is 17.0 Å². The number of hydrogen-bond donors (Lipinski definition) is 1. The van der Waals surface area contributed by atoms with Crippen molar-refractivity contribution < 1.29 is 9.90 Å². The third kappa shape index (κ3) is 2.93. The highest BCUT2D eigenvalue weighted by Crippen LogP contribution is 2.36. The lowest BCUT2D eigenvalue weighted by Crippen LogP contribution is -2.32. The molecule has 0 aromatic heterocycles. The molecule has 1 aliphatic carbocycles. The molecule has 3 atom stereocenters. The Kier molecular flexibility index (Phi) is 4.41. The van der Waals surface area contributed by atoms with E-state index in [0.29, 0.717) is 18.2 Å². The lowest BCUT2D eigenvalue weighted by molar-refractivity contribution is -0.125. The predicted molar refractivity (Wildman–Crippen MR) is 72.8 cm³/mol. The summed E-state index contributed by atoms with van der Waals surface area (Å²) < 4.78 is 0. The Labute approximate surface area is 113 Å². The third-order valence-electron chi connectivity index (χ3n) is 3.94. The predicted octanol–water partition coefficient (Wildman–Crippen LogP) is 3.26. The maximum atomic E-state index is 11.5. The Bertz CT molecular complexity index is 413. The summed E-state index contributed by atoms with van der Waals surface area (Å²) >= 11 is 5.77. The number of benzene rings is 1. The van der Waals surface area contributed by atoms with E-state index in [0.717, 1.165) is 18.4 Å². The molecule has 1 aromatic carbocycles. The van der Waals surface area contributed by atoms with Gasteiger partial charge in [-0.25, -0.2) is 0 Å². The molecule has 2 nitrogen and oxygen atoms in total. The van der Waals surface area contributed by atoms with Gasteiger partial charge in [0.2, 0.25) is 0 Å². The molecule has 0 amide bonds. The first-order chi connectivity index (χ1) is 8.61.